The summed E-state index contributed by atoms with van der Waals surface area (Å²) in [6.07, 6.45) is -12.0. The molecule has 0 aliphatic carbocycles. The fourth-order valence-electron chi connectivity index (χ4n) is 1.74. The highest BCUT2D eigenvalue weighted by atomic mass is 32.2. The molecule has 0 aliphatic rings. The first kappa shape index (κ1) is 27.4. The predicted octanol–water partition coefficient (Wildman–Crippen LogP) is 6.16. The number of halogens is 14. The van der Waals surface area contributed by atoms with E-state index in [2.05, 4.69) is 0 Å². The van der Waals surface area contributed by atoms with Gasteiger partial charge in [-0.1, -0.05) is 11.8 Å². The van der Waals surface area contributed by atoms with Crippen LogP contribution >= 0.6 is 11.8 Å². The van der Waals surface area contributed by atoms with E-state index in [0.29, 0.717) is 12.1 Å². The van der Waals surface area contributed by atoms with Crippen LogP contribution in [-0.2, 0) is 0 Å². The largest absolute Gasteiger partial charge is 0.460 e. The lowest BCUT2D eigenvalue weighted by molar-refractivity contribution is -0.423. The number of nitriles is 2. The Kier molecular flexibility index (Phi) is 7.43. The van der Waals surface area contributed by atoms with Gasteiger partial charge in [-0.2, -0.15) is 72.0 Å². The highest BCUT2D eigenvalue weighted by molar-refractivity contribution is 8.00. The van der Waals surface area contributed by atoms with Crippen molar-refractivity contribution in [3.05, 3.63) is 0 Å². The van der Waals surface area contributed by atoms with Crippen LogP contribution in [0.15, 0.2) is 0 Å². The van der Waals surface area contributed by atoms with E-state index in [9.17, 15) is 61.5 Å². The van der Waals surface area contributed by atoms with Crippen molar-refractivity contribution >= 4 is 11.8 Å². The number of hydrogen-bond acceptors (Lipinski definition) is 3. The lowest BCUT2D eigenvalue weighted by Gasteiger charge is -2.38. The Morgan fingerprint density at radius 3 is 1.34 bits per heavy atom. The van der Waals surface area contributed by atoms with Crippen molar-refractivity contribution in [3.63, 3.8) is 0 Å². The van der Waals surface area contributed by atoms with Crippen LogP contribution in [0, 0.1) is 28.1 Å². The lowest BCUT2D eigenvalue weighted by atomic mass is 9.79. The Hall–Kier alpha value is -1.65. The number of rotatable bonds is 8. The molecular weight excluding hydrogens is 470 g/mol. The van der Waals surface area contributed by atoms with E-state index < -0.39 is 71.1 Å². The monoisotopic (exact) mass is 476 g/mol. The second kappa shape index (κ2) is 7.88. The van der Waals surface area contributed by atoms with Gasteiger partial charge in [-0.25, -0.2) is 0 Å². The van der Waals surface area contributed by atoms with Gasteiger partial charge in [-0.15, -0.1) is 0 Å². The highest BCUT2D eigenvalue weighted by Crippen LogP contribution is 2.59. The van der Waals surface area contributed by atoms with Gasteiger partial charge in [0.15, 0.2) is 5.41 Å². The Balaban J connectivity index is 6.00. The van der Waals surface area contributed by atoms with E-state index in [1.54, 1.807) is 0 Å². The molecule has 0 aromatic rings. The SMILES string of the molecule is N#CC(C#N)(CCSC(F)(F)F)CC(F)(F)C(F)(F)C(F)(F)C(F)(F)C(F)(F)F. The summed E-state index contributed by atoms with van der Waals surface area (Å²) in [7, 11) is 0. The molecule has 0 fully saturated rings. The van der Waals surface area contributed by atoms with Crippen LogP contribution < -0.4 is 0 Å². The van der Waals surface area contributed by atoms with Crippen LogP contribution in [0.3, 0.4) is 0 Å². The molecule has 0 amide bonds. The van der Waals surface area contributed by atoms with Crippen LogP contribution in [0.4, 0.5) is 61.5 Å². The maximum absolute atomic E-state index is 13.7. The summed E-state index contributed by atoms with van der Waals surface area (Å²) in [4.78, 5) is 0. The molecule has 0 aromatic heterocycles. The van der Waals surface area contributed by atoms with E-state index in [1.165, 1.54) is 0 Å². The molecule has 0 atom stereocenters. The lowest BCUT2D eigenvalue weighted by Crippen LogP contribution is -2.66. The van der Waals surface area contributed by atoms with E-state index in [1.807, 2.05) is 0 Å². The van der Waals surface area contributed by atoms with Crippen molar-refractivity contribution in [1.82, 2.24) is 0 Å². The third-order valence-corrected chi connectivity index (χ3v) is 4.09. The standard InChI is InChI=1S/C12H6F14N2S/c13-7(14,3-6(4-27,5-28)1-2-29-12(24,25)26)8(15,16)9(17,18)10(19,20)11(21,22)23/h1-3H2. The zero-order chi connectivity index (χ0) is 23.7. The van der Waals surface area contributed by atoms with Crippen LogP contribution in [0.25, 0.3) is 0 Å². The second-order valence-electron chi connectivity index (χ2n) is 5.45. The maximum atomic E-state index is 13.7. The van der Waals surface area contributed by atoms with Gasteiger partial charge in [0.05, 0.1) is 12.1 Å². The van der Waals surface area contributed by atoms with Crippen molar-refractivity contribution in [3.8, 4) is 12.1 Å². The first-order valence-electron chi connectivity index (χ1n) is 6.65. The summed E-state index contributed by atoms with van der Waals surface area (Å²) in [6, 6.07) is 1.18. The minimum absolute atomic E-state index is 0.590. The molecule has 29 heavy (non-hydrogen) atoms. The minimum Gasteiger partial charge on any atom is -0.200 e. The fraction of sp³-hybridized carbons (Fsp3) is 0.833. The Bertz CT molecular complexity index is 652. The summed E-state index contributed by atoms with van der Waals surface area (Å²) in [5.41, 5.74) is -8.57. The molecule has 0 unspecified atom stereocenters. The fourth-order valence-corrected chi connectivity index (χ4v) is 2.42. The van der Waals surface area contributed by atoms with Crippen molar-refractivity contribution < 1.29 is 61.5 Å². The number of hydrogen-bond donors (Lipinski definition) is 0. The van der Waals surface area contributed by atoms with Crippen LogP contribution in [0.2, 0.25) is 0 Å². The van der Waals surface area contributed by atoms with Gasteiger partial charge >= 0.3 is 35.4 Å². The molecule has 2 nitrogen and oxygen atoms in total. The Morgan fingerprint density at radius 2 is 1.03 bits per heavy atom. The highest BCUT2D eigenvalue weighted by Gasteiger charge is 2.87. The molecule has 0 heterocycles. The molecule has 0 saturated heterocycles. The average Bonchev–Trinajstić information content (AvgIpc) is 2.50. The number of alkyl halides is 14. The normalized spacial score (nSPS) is 15.0. The zero-order valence-electron chi connectivity index (χ0n) is 13.2. The second-order valence-corrected chi connectivity index (χ2v) is 6.61. The minimum atomic E-state index is -7.74. The van der Waals surface area contributed by atoms with E-state index in [-0.39, 0.29) is 0 Å². The van der Waals surface area contributed by atoms with Crippen LogP contribution in [-0.4, -0.2) is 41.1 Å². The molecular formula is C12H6F14N2S. The number of nitrogens with zero attached hydrogens (tertiary/aromatic N) is 2. The summed E-state index contributed by atoms with van der Waals surface area (Å²) in [6.45, 7) is 0. The first-order chi connectivity index (χ1) is 12.5. The molecule has 0 aromatic carbocycles. The molecule has 0 rings (SSSR count). The number of thioether (sulfide) groups is 1. The van der Waals surface area contributed by atoms with Crippen molar-refractivity contribution in [1.29, 1.82) is 10.5 Å². The summed E-state index contributed by atoms with van der Waals surface area (Å²) in [5.74, 6) is -30.8. The maximum Gasteiger partial charge on any atom is 0.460 e. The van der Waals surface area contributed by atoms with Gasteiger partial charge in [-0.3, -0.25) is 0 Å². The molecule has 168 valence electrons. The molecule has 0 radical (unpaired) electrons. The zero-order valence-corrected chi connectivity index (χ0v) is 14.0. The first-order valence-corrected chi connectivity index (χ1v) is 7.63. The van der Waals surface area contributed by atoms with Crippen LogP contribution in [0.1, 0.15) is 12.8 Å². The molecule has 0 saturated carbocycles. The summed E-state index contributed by atoms with van der Waals surface area (Å²) >= 11 is -1.01. The molecule has 17 heteroatoms. The van der Waals surface area contributed by atoms with Gasteiger partial charge in [0.1, 0.15) is 0 Å². The molecule has 0 aliphatic heterocycles. The molecule has 0 spiro atoms. The van der Waals surface area contributed by atoms with E-state index in [0.717, 1.165) is 0 Å². The van der Waals surface area contributed by atoms with Crippen molar-refractivity contribution in [2.75, 3.05) is 5.75 Å². The van der Waals surface area contributed by atoms with E-state index in [4.69, 9.17) is 10.5 Å². The van der Waals surface area contributed by atoms with Gasteiger partial charge in [0.2, 0.25) is 0 Å². The smallest absolute Gasteiger partial charge is 0.200 e. The Labute approximate surface area is 156 Å². The van der Waals surface area contributed by atoms with E-state index >= 15 is 0 Å². The van der Waals surface area contributed by atoms with Gasteiger partial charge in [0, 0.05) is 12.2 Å². The summed E-state index contributed by atoms with van der Waals surface area (Å²) in [5, 5.41) is 17.3. The third-order valence-electron chi connectivity index (χ3n) is 3.35. The third kappa shape index (κ3) is 5.29. The van der Waals surface area contributed by atoms with Gasteiger partial charge in [0.25, 0.3) is 0 Å². The molecule has 0 bridgehead atoms. The van der Waals surface area contributed by atoms with Gasteiger partial charge < -0.3 is 0 Å². The van der Waals surface area contributed by atoms with Crippen molar-refractivity contribution in [2.24, 2.45) is 5.41 Å². The Morgan fingerprint density at radius 1 is 0.621 bits per heavy atom. The molecule has 0 N–H and O–H groups in total. The van der Waals surface area contributed by atoms with Crippen LogP contribution in [0.5, 0.6) is 0 Å². The summed E-state index contributed by atoms with van der Waals surface area (Å²) < 4.78 is 178. The van der Waals surface area contributed by atoms with Crippen molar-refractivity contribution in [2.45, 2.75) is 48.2 Å². The topological polar surface area (TPSA) is 47.6 Å². The predicted molar refractivity (Wildman–Crippen MR) is 67.2 cm³/mol. The van der Waals surface area contributed by atoms with Gasteiger partial charge in [-0.05, 0) is 6.42 Å². The average molecular weight is 476 g/mol. The quantitative estimate of drug-likeness (QED) is 0.395.